The summed E-state index contributed by atoms with van der Waals surface area (Å²) in [5.74, 6) is -0.936. The Morgan fingerprint density at radius 3 is 2.41 bits per heavy atom. The molecule has 1 N–H and O–H groups in total. The Labute approximate surface area is 140 Å². The minimum absolute atomic E-state index is 0.332. The lowest BCUT2D eigenvalue weighted by Crippen LogP contribution is -2.37. The van der Waals surface area contributed by atoms with Crippen molar-refractivity contribution in [2.24, 2.45) is 0 Å². The summed E-state index contributed by atoms with van der Waals surface area (Å²) in [6.45, 7) is 6.85. The Balaban J connectivity index is 2.67. The highest BCUT2D eigenvalue weighted by Gasteiger charge is 2.20. The molecule has 0 fully saturated rings. The first-order valence-electron chi connectivity index (χ1n) is 6.81. The normalized spacial score (nSPS) is 13.0. The van der Waals surface area contributed by atoms with E-state index in [1.165, 1.54) is 13.0 Å². The molecule has 0 aliphatic rings. The van der Waals surface area contributed by atoms with Crippen molar-refractivity contribution in [1.29, 1.82) is 0 Å². The van der Waals surface area contributed by atoms with Crippen LogP contribution in [0.3, 0.4) is 0 Å². The first-order chi connectivity index (χ1) is 10.2. The molecule has 22 heavy (non-hydrogen) atoms. The highest BCUT2D eigenvalue weighted by atomic mass is 35.5. The van der Waals surface area contributed by atoms with E-state index in [-0.39, 0.29) is 6.04 Å². The van der Waals surface area contributed by atoms with Crippen LogP contribution in [-0.4, -0.2) is 18.0 Å². The number of amides is 1. The second-order valence-corrected chi connectivity index (χ2v) is 6.04. The van der Waals surface area contributed by atoms with Gasteiger partial charge in [0.15, 0.2) is 6.10 Å². The van der Waals surface area contributed by atoms with E-state index in [2.05, 4.69) is 5.32 Å². The molecule has 0 saturated heterocycles. The quantitative estimate of drug-likeness (QED) is 0.647. The molecule has 0 aromatic heterocycles. The van der Waals surface area contributed by atoms with Crippen LogP contribution < -0.4 is 5.32 Å². The summed E-state index contributed by atoms with van der Waals surface area (Å²) >= 11 is 11.9. The fourth-order valence-corrected chi connectivity index (χ4v) is 2.33. The highest BCUT2D eigenvalue weighted by Crippen LogP contribution is 2.26. The van der Waals surface area contributed by atoms with Gasteiger partial charge in [-0.25, -0.2) is 4.79 Å². The molecule has 120 valence electrons. The Morgan fingerprint density at radius 1 is 1.23 bits per heavy atom. The Kier molecular flexibility index (Phi) is 6.91. The van der Waals surface area contributed by atoms with Crippen molar-refractivity contribution in [1.82, 2.24) is 5.32 Å². The number of ether oxygens (including phenoxy) is 1. The maximum absolute atomic E-state index is 12.0. The third kappa shape index (κ3) is 5.70. The van der Waals surface area contributed by atoms with Crippen LogP contribution in [0.4, 0.5) is 0 Å². The molecule has 0 aliphatic heterocycles. The van der Waals surface area contributed by atoms with Crippen molar-refractivity contribution < 1.29 is 14.3 Å². The van der Waals surface area contributed by atoms with Gasteiger partial charge in [0.25, 0.3) is 5.91 Å². The van der Waals surface area contributed by atoms with Crippen molar-refractivity contribution in [3.05, 3.63) is 45.5 Å². The summed E-state index contributed by atoms with van der Waals surface area (Å²) < 4.78 is 5.03. The van der Waals surface area contributed by atoms with Gasteiger partial charge >= 0.3 is 5.97 Å². The molecule has 0 heterocycles. The molecule has 0 spiro atoms. The summed E-state index contributed by atoms with van der Waals surface area (Å²) in [7, 11) is 0. The number of carbonyl (C=O) groups excluding carboxylic acids is 2. The van der Waals surface area contributed by atoms with E-state index in [0.717, 1.165) is 11.1 Å². The lowest BCUT2D eigenvalue weighted by Gasteiger charge is -2.19. The molecule has 6 heteroatoms. The van der Waals surface area contributed by atoms with E-state index in [9.17, 15) is 9.59 Å². The zero-order valence-corrected chi connectivity index (χ0v) is 14.5. The number of benzene rings is 1. The maximum atomic E-state index is 12.0. The third-order valence-electron chi connectivity index (χ3n) is 2.86. The standard InChI is InChI=1S/C16H19Cl2NO3/c1-9(2)7-15(20)22-11(4)16(21)19-10(3)13-6-5-12(17)8-14(13)18/h5-8,10-11H,1-4H3,(H,19,21)/t10-,11-/m1/s1. The van der Waals surface area contributed by atoms with Gasteiger partial charge in [-0.3, -0.25) is 4.79 Å². The molecule has 0 saturated carbocycles. The van der Waals surface area contributed by atoms with Gasteiger partial charge in [0.2, 0.25) is 0 Å². The third-order valence-corrected chi connectivity index (χ3v) is 3.42. The van der Waals surface area contributed by atoms with Crippen LogP contribution >= 0.6 is 23.2 Å². The molecular weight excluding hydrogens is 325 g/mol. The molecular formula is C16H19Cl2NO3. The zero-order chi connectivity index (χ0) is 16.9. The molecule has 1 amide bonds. The molecule has 1 aromatic rings. The van der Waals surface area contributed by atoms with E-state index < -0.39 is 18.0 Å². The van der Waals surface area contributed by atoms with E-state index in [1.54, 1.807) is 39.0 Å². The van der Waals surface area contributed by atoms with Gasteiger partial charge in [-0.1, -0.05) is 34.8 Å². The summed E-state index contributed by atoms with van der Waals surface area (Å²) in [4.78, 5) is 23.5. The summed E-state index contributed by atoms with van der Waals surface area (Å²) in [5.41, 5.74) is 1.54. The minimum Gasteiger partial charge on any atom is -0.449 e. The SMILES string of the molecule is CC(C)=CC(=O)O[C@H](C)C(=O)N[C@H](C)c1ccc(Cl)cc1Cl. The van der Waals surface area contributed by atoms with Crippen molar-refractivity contribution in [3.8, 4) is 0 Å². The number of hydrogen-bond acceptors (Lipinski definition) is 3. The Morgan fingerprint density at radius 2 is 1.86 bits per heavy atom. The van der Waals surface area contributed by atoms with Crippen LogP contribution in [0.15, 0.2) is 29.8 Å². The molecule has 2 atom stereocenters. The van der Waals surface area contributed by atoms with Crippen LogP contribution in [0.25, 0.3) is 0 Å². The van der Waals surface area contributed by atoms with E-state index >= 15 is 0 Å². The van der Waals surface area contributed by atoms with Crippen LogP contribution in [-0.2, 0) is 14.3 Å². The van der Waals surface area contributed by atoms with Gasteiger partial charge < -0.3 is 10.1 Å². The van der Waals surface area contributed by atoms with Gasteiger partial charge in [-0.15, -0.1) is 0 Å². The largest absolute Gasteiger partial charge is 0.449 e. The second-order valence-electron chi connectivity index (χ2n) is 5.20. The van der Waals surface area contributed by atoms with Gasteiger partial charge in [0.05, 0.1) is 6.04 Å². The van der Waals surface area contributed by atoms with E-state index in [0.29, 0.717) is 10.0 Å². The zero-order valence-electron chi connectivity index (χ0n) is 12.9. The van der Waals surface area contributed by atoms with Crippen molar-refractivity contribution in [3.63, 3.8) is 0 Å². The van der Waals surface area contributed by atoms with Gasteiger partial charge in [-0.05, 0) is 45.4 Å². The molecule has 1 aromatic carbocycles. The molecule has 0 radical (unpaired) electrons. The van der Waals surface area contributed by atoms with E-state index in [4.69, 9.17) is 27.9 Å². The highest BCUT2D eigenvalue weighted by molar-refractivity contribution is 6.35. The van der Waals surface area contributed by atoms with Gasteiger partial charge in [0.1, 0.15) is 0 Å². The Bertz CT molecular complexity index is 595. The first kappa shape index (κ1) is 18.5. The predicted octanol–water partition coefficient (Wildman–Crippen LogP) is 4.07. The predicted molar refractivity (Wildman–Crippen MR) is 88.0 cm³/mol. The fraction of sp³-hybridized carbons (Fsp3) is 0.375. The summed E-state index contributed by atoms with van der Waals surface area (Å²) in [5, 5.41) is 3.74. The monoisotopic (exact) mass is 343 g/mol. The molecule has 0 aliphatic carbocycles. The molecule has 4 nitrogen and oxygen atoms in total. The van der Waals surface area contributed by atoms with Crippen LogP contribution in [0, 0.1) is 0 Å². The first-order valence-corrected chi connectivity index (χ1v) is 7.57. The number of esters is 1. The smallest absolute Gasteiger partial charge is 0.331 e. The molecule has 1 rings (SSSR count). The van der Waals surface area contributed by atoms with Gasteiger partial charge in [0, 0.05) is 16.1 Å². The average molecular weight is 344 g/mol. The van der Waals surface area contributed by atoms with Crippen LogP contribution in [0.2, 0.25) is 10.0 Å². The van der Waals surface area contributed by atoms with E-state index in [1.807, 2.05) is 0 Å². The van der Waals surface area contributed by atoms with Crippen molar-refractivity contribution >= 4 is 35.1 Å². The van der Waals surface area contributed by atoms with Crippen LogP contribution in [0.5, 0.6) is 0 Å². The van der Waals surface area contributed by atoms with Crippen molar-refractivity contribution in [2.45, 2.75) is 39.8 Å². The number of nitrogens with one attached hydrogen (secondary N) is 1. The lowest BCUT2D eigenvalue weighted by molar-refractivity contribution is -0.150. The minimum atomic E-state index is -0.892. The topological polar surface area (TPSA) is 55.4 Å². The van der Waals surface area contributed by atoms with Gasteiger partial charge in [-0.2, -0.15) is 0 Å². The average Bonchev–Trinajstić information content (AvgIpc) is 2.36. The van der Waals surface area contributed by atoms with Crippen LogP contribution in [0.1, 0.15) is 39.3 Å². The summed E-state index contributed by atoms with van der Waals surface area (Å²) in [6.07, 6.45) is 0.445. The molecule has 0 unspecified atom stereocenters. The fourth-order valence-electron chi connectivity index (χ4n) is 1.76. The second kappa shape index (κ2) is 8.20. The molecule has 0 bridgehead atoms. The lowest BCUT2D eigenvalue weighted by atomic mass is 10.1. The number of allylic oxidation sites excluding steroid dienone is 1. The number of carbonyl (C=O) groups is 2. The number of halogens is 2. The Hall–Kier alpha value is -1.52. The summed E-state index contributed by atoms with van der Waals surface area (Å²) in [6, 6.07) is 4.72. The number of hydrogen-bond donors (Lipinski definition) is 1. The number of rotatable bonds is 5. The maximum Gasteiger partial charge on any atom is 0.331 e. The van der Waals surface area contributed by atoms with Crippen molar-refractivity contribution in [2.75, 3.05) is 0 Å².